The Morgan fingerprint density at radius 2 is 2.33 bits per heavy atom. The van der Waals surface area contributed by atoms with Crippen LogP contribution < -0.4 is 5.32 Å². The Morgan fingerprint density at radius 1 is 1.50 bits per heavy atom. The number of hydrogen-bond acceptors (Lipinski definition) is 2. The van der Waals surface area contributed by atoms with E-state index in [0.717, 1.165) is 19.5 Å². The molecule has 0 aromatic carbocycles. The SMILES string of the molecule is [CH2-]CCNCc1cccnc1.[Y]. The van der Waals surface area contributed by atoms with Crippen LogP contribution in [0.3, 0.4) is 0 Å². The molecular weight excluding hydrogens is 225 g/mol. The van der Waals surface area contributed by atoms with Gasteiger partial charge in [0.2, 0.25) is 0 Å². The van der Waals surface area contributed by atoms with Crippen LogP contribution in [-0.2, 0) is 39.3 Å². The number of hydrogen-bond donors (Lipinski definition) is 1. The quantitative estimate of drug-likeness (QED) is 0.633. The van der Waals surface area contributed by atoms with Gasteiger partial charge in [0.05, 0.1) is 0 Å². The number of aromatic nitrogens is 1. The topological polar surface area (TPSA) is 24.9 Å². The fraction of sp³-hybridized carbons (Fsp3) is 0.333. The molecule has 1 heterocycles. The summed E-state index contributed by atoms with van der Waals surface area (Å²) in [6.07, 6.45) is 4.58. The van der Waals surface area contributed by atoms with Crippen LogP contribution in [-0.4, -0.2) is 11.5 Å². The first-order valence-corrected chi connectivity index (χ1v) is 3.82. The molecule has 0 amide bonds. The van der Waals surface area contributed by atoms with Crippen molar-refractivity contribution in [3.05, 3.63) is 37.0 Å². The number of nitrogens with one attached hydrogen (secondary N) is 1. The zero-order chi connectivity index (χ0) is 7.94. The molecule has 0 aliphatic rings. The van der Waals surface area contributed by atoms with E-state index in [0.29, 0.717) is 0 Å². The second-order valence-electron chi connectivity index (χ2n) is 2.39. The van der Waals surface area contributed by atoms with Crippen molar-refractivity contribution >= 4 is 0 Å². The van der Waals surface area contributed by atoms with Crippen LogP contribution in [0.5, 0.6) is 0 Å². The van der Waals surface area contributed by atoms with E-state index in [2.05, 4.69) is 23.3 Å². The molecule has 1 aromatic rings. The van der Waals surface area contributed by atoms with Crippen LogP contribution in [0.4, 0.5) is 0 Å². The van der Waals surface area contributed by atoms with E-state index in [9.17, 15) is 0 Å². The van der Waals surface area contributed by atoms with E-state index in [1.807, 2.05) is 12.3 Å². The van der Waals surface area contributed by atoms with Crippen molar-refractivity contribution in [2.75, 3.05) is 6.54 Å². The number of rotatable bonds is 4. The first-order chi connectivity index (χ1) is 5.43. The Morgan fingerprint density at radius 3 is 2.92 bits per heavy atom. The van der Waals surface area contributed by atoms with Crippen LogP contribution >= 0.6 is 0 Å². The largest absolute Gasteiger partial charge is 0.342 e. The molecule has 0 fully saturated rings. The van der Waals surface area contributed by atoms with Gasteiger partial charge in [-0.2, -0.15) is 6.42 Å². The van der Waals surface area contributed by atoms with Gasteiger partial charge in [0.25, 0.3) is 0 Å². The van der Waals surface area contributed by atoms with Crippen LogP contribution in [0.1, 0.15) is 12.0 Å². The zero-order valence-electron chi connectivity index (χ0n) is 7.16. The van der Waals surface area contributed by atoms with Crippen molar-refractivity contribution in [3.8, 4) is 0 Å². The van der Waals surface area contributed by atoms with Gasteiger partial charge in [0, 0.05) is 51.6 Å². The van der Waals surface area contributed by atoms with Crippen LogP contribution in [0.25, 0.3) is 0 Å². The number of nitrogens with zero attached hydrogens (tertiary/aromatic N) is 1. The van der Waals surface area contributed by atoms with Gasteiger partial charge in [0.15, 0.2) is 0 Å². The van der Waals surface area contributed by atoms with Crippen molar-refractivity contribution in [1.82, 2.24) is 10.3 Å². The molecule has 3 heteroatoms. The predicted molar refractivity (Wildman–Crippen MR) is 45.9 cm³/mol. The van der Waals surface area contributed by atoms with Gasteiger partial charge in [-0.1, -0.05) is 6.07 Å². The average molecular weight is 238 g/mol. The molecule has 0 saturated heterocycles. The second-order valence-corrected chi connectivity index (χ2v) is 2.39. The van der Waals surface area contributed by atoms with Crippen LogP contribution in [0.15, 0.2) is 24.5 Å². The van der Waals surface area contributed by atoms with E-state index in [1.165, 1.54) is 5.56 Å². The molecule has 63 valence electrons. The fourth-order valence-electron chi connectivity index (χ4n) is 0.860. The summed E-state index contributed by atoms with van der Waals surface area (Å²) in [5.41, 5.74) is 1.22. The molecule has 2 nitrogen and oxygen atoms in total. The molecule has 1 radical (unpaired) electrons. The molecule has 12 heavy (non-hydrogen) atoms. The van der Waals surface area contributed by atoms with E-state index in [-0.39, 0.29) is 32.7 Å². The maximum absolute atomic E-state index is 4.01. The fourth-order valence-corrected chi connectivity index (χ4v) is 0.860. The minimum Gasteiger partial charge on any atom is -0.342 e. The average Bonchev–Trinajstić information content (AvgIpc) is 2.07. The summed E-state index contributed by atoms with van der Waals surface area (Å²) in [6, 6.07) is 4.00. The first-order valence-electron chi connectivity index (χ1n) is 3.82. The van der Waals surface area contributed by atoms with Crippen molar-refractivity contribution in [2.45, 2.75) is 13.0 Å². The Bertz CT molecular complexity index is 189. The third-order valence-electron chi connectivity index (χ3n) is 1.41. The summed E-state index contributed by atoms with van der Waals surface area (Å²) in [5, 5.41) is 3.25. The molecule has 1 aromatic heterocycles. The predicted octanol–water partition coefficient (Wildman–Crippen LogP) is 1.39. The van der Waals surface area contributed by atoms with E-state index in [4.69, 9.17) is 0 Å². The third kappa shape index (κ3) is 4.97. The maximum Gasteiger partial charge on any atom is 0.0312 e. The van der Waals surface area contributed by atoms with Crippen molar-refractivity contribution in [1.29, 1.82) is 0 Å². The van der Waals surface area contributed by atoms with Gasteiger partial charge in [0.1, 0.15) is 0 Å². The first kappa shape index (κ1) is 12.2. The minimum atomic E-state index is 0. The van der Waals surface area contributed by atoms with Crippen LogP contribution in [0, 0.1) is 6.92 Å². The summed E-state index contributed by atoms with van der Waals surface area (Å²) in [7, 11) is 0. The summed E-state index contributed by atoms with van der Waals surface area (Å²) in [4.78, 5) is 4.01. The Labute approximate surface area is 99.0 Å². The van der Waals surface area contributed by atoms with E-state index in [1.54, 1.807) is 6.20 Å². The maximum atomic E-state index is 4.01. The summed E-state index contributed by atoms with van der Waals surface area (Å²) < 4.78 is 0. The molecule has 1 N–H and O–H groups in total. The summed E-state index contributed by atoms with van der Waals surface area (Å²) in [6.45, 7) is 5.60. The van der Waals surface area contributed by atoms with Crippen molar-refractivity contribution in [2.24, 2.45) is 0 Å². The van der Waals surface area contributed by atoms with Gasteiger partial charge in [-0.25, -0.2) is 0 Å². The molecule has 0 aliphatic carbocycles. The minimum absolute atomic E-state index is 0. The summed E-state index contributed by atoms with van der Waals surface area (Å²) >= 11 is 0. The monoisotopic (exact) mass is 238 g/mol. The third-order valence-corrected chi connectivity index (χ3v) is 1.41. The molecular formula is C9H13N2Y-. The van der Waals surface area contributed by atoms with Crippen LogP contribution in [0.2, 0.25) is 0 Å². The van der Waals surface area contributed by atoms with Crippen molar-refractivity contribution in [3.63, 3.8) is 0 Å². The van der Waals surface area contributed by atoms with E-state index < -0.39 is 0 Å². The van der Waals surface area contributed by atoms with Gasteiger partial charge in [-0.05, 0) is 18.2 Å². The normalized spacial score (nSPS) is 9.08. The van der Waals surface area contributed by atoms with Gasteiger partial charge < -0.3 is 12.2 Å². The van der Waals surface area contributed by atoms with Crippen molar-refractivity contribution < 1.29 is 32.7 Å². The molecule has 0 saturated carbocycles. The van der Waals surface area contributed by atoms with Gasteiger partial charge >= 0.3 is 0 Å². The molecule has 0 aliphatic heterocycles. The Hall–Kier alpha value is 0.214. The molecule has 0 spiro atoms. The second kappa shape index (κ2) is 7.84. The number of pyridine rings is 1. The summed E-state index contributed by atoms with van der Waals surface area (Å²) in [5.74, 6) is 0. The molecule has 1 rings (SSSR count). The molecule has 0 unspecified atom stereocenters. The van der Waals surface area contributed by atoms with Gasteiger partial charge in [-0.15, -0.1) is 0 Å². The standard InChI is InChI=1S/C9H13N2.Y/c1-2-5-10-7-9-4-3-6-11-8-9;/h3-4,6,8,10H,1-2,5,7H2;/q-1;. The van der Waals surface area contributed by atoms with Gasteiger partial charge in [-0.3, -0.25) is 4.98 Å². The Kier molecular flexibility index (Phi) is 7.98. The zero-order valence-corrected chi connectivity index (χ0v) is 10.0. The molecule has 0 atom stereocenters. The molecule has 0 bridgehead atoms. The Balaban J connectivity index is 0.00000121. The van der Waals surface area contributed by atoms with E-state index >= 15 is 0 Å². The smallest absolute Gasteiger partial charge is 0.0312 e.